The van der Waals surface area contributed by atoms with E-state index in [1.165, 1.54) is 34.7 Å². The third-order valence-electron chi connectivity index (χ3n) is 5.77. The topological polar surface area (TPSA) is 89.0 Å². The van der Waals surface area contributed by atoms with Gasteiger partial charge in [0.25, 0.3) is 5.78 Å². The minimum absolute atomic E-state index is 0.0447. The van der Waals surface area contributed by atoms with E-state index in [1.807, 2.05) is 49.6 Å². The molecule has 0 saturated carbocycles. The molecule has 0 aliphatic carbocycles. The molecule has 7 nitrogen and oxygen atoms in total. The van der Waals surface area contributed by atoms with E-state index in [9.17, 15) is 14.7 Å². The number of hydrogen-bond acceptors (Lipinski definition) is 8. The Labute approximate surface area is 220 Å². The van der Waals surface area contributed by atoms with E-state index in [4.69, 9.17) is 21.1 Å². The molecular formula is C26H21ClN2O5S2. The van der Waals surface area contributed by atoms with Crippen LogP contribution < -0.4 is 14.4 Å². The molecule has 1 atom stereocenters. The largest absolute Gasteiger partial charge is 0.507 e. The van der Waals surface area contributed by atoms with E-state index in [0.717, 1.165) is 10.3 Å². The van der Waals surface area contributed by atoms with Gasteiger partial charge in [0.05, 0.1) is 40.1 Å². The van der Waals surface area contributed by atoms with Crippen molar-refractivity contribution < 1.29 is 24.2 Å². The summed E-state index contributed by atoms with van der Waals surface area (Å²) in [4.78, 5) is 33.5. The number of ether oxygens (including phenoxy) is 2. The number of carbonyl (C=O) groups excluding carboxylic acids is 2. The van der Waals surface area contributed by atoms with Crippen molar-refractivity contribution in [2.75, 3.05) is 18.6 Å². The number of carbonyl (C=O) groups is 2. The molecule has 184 valence electrons. The first-order valence-electron chi connectivity index (χ1n) is 11.1. The van der Waals surface area contributed by atoms with Gasteiger partial charge >= 0.3 is 5.91 Å². The highest BCUT2D eigenvalue weighted by atomic mass is 35.5. The molecule has 1 N–H and O–H groups in total. The highest BCUT2D eigenvalue weighted by Gasteiger charge is 2.49. The van der Waals surface area contributed by atoms with E-state index in [1.54, 1.807) is 12.1 Å². The van der Waals surface area contributed by atoms with Gasteiger partial charge in [0.1, 0.15) is 23.3 Å². The Balaban J connectivity index is 1.71. The summed E-state index contributed by atoms with van der Waals surface area (Å²) in [6, 6.07) is 11.7. The fourth-order valence-electron chi connectivity index (χ4n) is 4.26. The summed E-state index contributed by atoms with van der Waals surface area (Å²) in [5.41, 5.74) is 1.64. The predicted molar refractivity (Wildman–Crippen MR) is 143 cm³/mol. The lowest BCUT2D eigenvalue weighted by molar-refractivity contribution is -0.132. The lowest BCUT2D eigenvalue weighted by atomic mass is 9.98. The maximum atomic E-state index is 13.4. The summed E-state index contributed by atoms with van der Waals surface area (Å²) in [6.07, 6.45) is 0. The smallest absolute Gasteiger partial charge is 0.301 e. The molecular weight excluding hydrogens is 520 g/mol. The third kappa shape index (κ3) is 4.03. The Morgan fingerprint density at radius 2 is 2.03 bits per heavy atom. The first-order valence-corrected chi connectivity index (χ1v) is 13.1. The molecule has 3 heterocycles. The number of anilines is 1. The Morgan fingerprint density at radius 3 is 2.72 bits per heavy atom. The lowest BCUT2D eigenvalue weighted by Crippen LogP contribution is -2.28. The molecule has 36 heavy (non-hydrogen) atoms. The van der Waals surface area contributed by atoms with Gasteiger partial charge in [-0.25, -0.2) is 4.98 Å². The summed E-state index contributed by atoms with van der Waals surface area (Å²) >= 11 is 9.01. The van der Waals surface area contributed by atoms with Crippen LogP contribution in [0.1, 0.15) is 29.0 Å². The van der Waals surface area contributed by atoms with Crippen LogP contribution in [0.5, 0.6) is 11.5 Å². The average Bonchev–Trinajstić information content (AvgIpc) is 3.57. The van der Waals surface area contributed by atoms with Crippen molar-refractivity contribution in [3.63, 3.8) is 0 Å². The Kier molecular flexibility index (Phi) is 6.46. The second-order valence-electron chi connectivity index (χ2n) is 8.07. The van der Waals surface area contributed by atoms with Crippen molar-refractivity contribution in [2.24, 2.45) is 0 Å². The van der Waals surface area contributed by atoms with Crippen LogP contribution in [0.4, 0.5) is 5.13 Å². The van der Waals surface area contributed by atoms with E-state index >= 15 is 0 Å². The quantitative estimate of drug-likeness (QED) is 0.174. The molecule has 1 amide bonds. The number of nitrogens with zero attached hydrogens (tertiary/aromatic N) is 2. The van der Waals surface area contributed by atoms with Crippen LogP contribution >= 0.6 is 34.3 Å². The maximum Gasteiger partial charge on any atom is 0.301 e. The minimum Gasteiger partial charge on any atom is -0.507 e. The third-order valence-corrected chi connectivity index (χ3v) is 7.99. The number of thiophene rings is 1. The highest BCUT2D eigenvalue weighted by molar-refractivity contribution is 7.22. The van der Waals surface area contributed by atoms with Gasteiger partial charge < -0.3 is 14.6 Å². The fourth-order valence-corrected chi connectivity index (χ4v) is 6.45. The monoisotopic (exact) mass is 540 g/mol. The summed E-state index contributed by atoms with van der Waals surface area (Å²) in [5, 5.41) is 13.9. The molecule has 10 heteroatoms. The lowest BCUT2D eigenvalue weighted by Gasteiger charge is -2.21. The molecule has 1 saturated heterocycles. The van der Waals surface area contributed by atoms with E-state index in [0.29, 0.717) is 27.9 Å². The second kappa shape index (κ2) is 9.57. The molecule has 1 aliphatic heterocycles. The molecule has 5 rings (SSSR count). The number of rotatable bonds is 6. The summed E-state index contributed by atoms with van der Waals surface area (Å²) < 4.78 is 11.8. The minimum atomic E-state index is -0.860. The summed E-state index contributed by atoms with van der Waals surface area (Å²) in [5.74, 6) is -1.01. The van der Waals surface area contributed by atoms with Crippen molar-refractivity contribution in [3.8, 4) is 11.5 Å². The van der Waals surface area contributed by atoms with Crippen LogP contribution in [-0.2, 0) is 9.59 Å². The molecule has 0 radical (unpaired) electrons. The number of hydrogen-bond donors (Lipinski definition) is 1. The van der Waals surface area contributed by atoms with Crippen molar-refractivity contribution in [3.05, 3.63) is 74.4 Å². The number of thiazole rings is 1. The van der Waals surface area contributed by atoms with E-state index in [2.05, 4.69) is 4.98 Å². The number of Topliss-reactive ketones (excluding diaryl/α,β-unsaturated/α-hetero) is 1. The molecule has 4 aromatic rings. The van der Waals surface area contributed by atoms with Gasteiger partial charge in [0, 0.05) is 4.88 Å². The zero-order valence-corrected chi connectivity index (χ0v) is 22.0. The maximum absolute atomic E-state index is 13.4. The fraction of sp³-hybridized carbons (Fsp3) is 0.192. The van der Waals surface area contributed by atoms with Crippen molar-refractivity contribution in [2.45, 2.75) is 19.9 Å². The molecule has 2 aromatic carbocycles. The van der Waals surface area contributed by atoms with Crippen LogP contribution in [0.3, 0.4) is 0 Å². The van der Waals surface area contributed by atoms with Gasteiger partial charge in [-0.15, -0.1) is 11.3 Å². The number of aliphatic hydroxyl groups is 1. The van der Waals surface area contributed by atoms with Crippen LogP contribution in [0.2, 0.25) is 5.02 Å². The van der Waals surface area contributed by atoms with Crippen molar-refractivity contribution in [1.29, 1.82) is 0 Å². The van der Waals surface area contributed by atoms with Gasteiger partial charge in [-0.3, -0.25) is 14.5 Å². The number of halogens is 1. The highest BCUT2D eigenvalue weighted by Crippen LogP contribution is 2.47. The molecule has 0 bridgehead atoms. The molecule has 0 spiro atoms. The second-order valence-corrected chi connectivity index (χ2v) is 10.5. The zero-order valence-electron chi connectivity index (χ0n) is 19.6. The van der Waals surface area contributed by atoms with Gasteiger partial charge in [-0.2, -0.15) is 0 Å². The number of methoxy groups -OCH3 is 1. The Hall–Kier alpha value is -3.40. The number of fused-ring (bicyclic) bond motifs is 1. The van der Waals surface area contributed by atoms with E-state index < -0.39 is 17.7 Å². The molecule has 1 fully saturated rings. The first kappa shape index (κ1) is 24.3. The van der Waals surface area contributed by atoms with Crippen molar-refractivity contribution in [1.82, 2.24) is 4.98 Å². The summed E-state index contributed by atoms with van der Waals surface area (Å²) in [7, 11) is 1.43. The number of amides is 1. The summed E-state index contributed by atoms with van der Waals surface area (Å²) in [6.45, 7) is 4.24. The van der Waals surface area contributed by atoms with E-state index in [-0.39, 0.29) is 27.7 Å². The van der Waals surface area contributed by atoms with Gasteiger partial charge in [0.2, 0.25) is 0 Å². The van der Waals surface area contributed by atoms with Crippen molar-refractivity contribution >= 4 is 67.1 Å². The zero-order chi connectivity index (χ0) is 25.6. The van der Waals surface area contributed by atoms with Gasteiger partial charge in [-0.05, 0) is 61.2 Å². The number of ketones is 1. The number of aryl methyl sites for hydroxylation is 1. The van der Waals surface area contributed by atoms with Crippen LogP contribution in [0.15, 0.2) is 53.4 Å². The first-order chi connectivity index (χ1) is 17.3. The van der Waals surface area contributed by atoms with Crippen LogP contribution in [0, 0.1) is 6.92 Å². The SMILES string of the molecule is CCOc1ccc2nc(N3C(=O)C(=O)/C(=C(/O)c4cc(C)cc(Cl)c4OC)C3c3cccs3)sc2c1. The Bertz CT molecular complexity index is 1530. The molecule has 1 aliphatic rings. The normalized spacial score (nSPS) is 17.2. The molecule has 2 aromatic heterocycles. The molecule has 1 unspecified atom stereocenters. The van der Waals surface area contributed by atoms with Crippen LogP contribution in [-0.4, -0.2) is 35.5 Å². The van der Waals surface area contributed by atoms with Gasteiger partial charge in [0.15, 0.2) is 5.13 Å². The number of aliphatic hydroxyl groups excluding tert-OH is 1. The number of benzene rings is 2. The Morgan fingerprint density at radius 1 is 1.22 bits per heavy atom. The standard InChI is InChI=1S/C26H21ClN2O5S2/c1-4-34-14-7-8-17-19(12-14)36-26(28-17)29-21(18-6-5-9-35-18)20(23(31)25(29)32)22(30)15-10-13(2)11-16(27)24(15)33-3/h5-12,21,30H,4H2,1-3H3/b22-20+. The van der Waals surface area contributed by atoms with Gasteiger partial charge in [-0.1, -0.05) is 29.0 Å². The van der Waals surface area contributed by atoms with Crippen LogP contribution in [0.25, 0.3) is 16.0 Å². The average molecular weight is 541 g/mol. The number of aromatic nitrogens is 1. The predicted octanol–water partition coefficient (Wildman–Crippen LogP) is 6.35.